The van der Waals surface area contributed by atoms with Crippen molar-refractivity contribution in [2.24, 2.45) is 4.40 Å². The average molecular weight is 417 g/mol. The number of anilines is 1. The van der Waals surface area contributed by atoms with E-state index in [1.807, 2.05) is 5.32 Å². The van der Waals surface area contributed by atoms with Gasteiger partial charge >= 0.3 is 6.18 Å². The molecule has 0 aromatic heterocycles. The predicted octanol–water partition coefficient (Wildman–Crippen LogP) is 1.40. The summed E-state index contributed by atoms with van der Waals surface area (Å²) >= 11 is 0. The molecule has 13 heteroatoms. The minimum absolute atomic E-state index is 0.0643. The first-order chi connectivity index (χ1) is 13.1. The lowest BCUT2D eigenvalue weighted by Gasteiger charge is -2.27. The number of nitrogens with zero attached hydrogens (tertiary/aromatic N) is 2. The number of nitrogens with one attached hydrogen (secondary N) is 3. The van der Waals surface area contributed by atoms with E-state index in [2.05, 4.69) is 9.71 Å². The maximum absolute atomic E-state index is 13.3. The first-order valence-electron chi connectivity index (χ1n) is 7.58. The number of hydrogen-bond acceptors (Lipinski definition) is 6. The number of hydrogen-bond donors (Lipinski definition) is 5. The normalized spacial score (nSPS) is 17.7. The van der Waals surface area contributed by atoms with Crippen molar-refractivity contribution in [2.45, 2.75) is 24.7 Å². The fourth-order valence-electron chi connectivity index (χ4n) is 2.31. The Labute approximate surface area is 158 Å². The third-order valence-electron chi connectivity index (χ3n) is 3.57. The van der Waals surface area contributed by atoms with Gasteiger partial charge in [0.2, 0.25) is 10.9 Å². The van der Waals surface area contributed by atoms with Crippen LogP contribution in [0.1, 0.15) is 12.0 Å². The zero-order chi connectivity index (χ0) is 20.9. The van der Waals surface area contributed by atoms with Crippen LogP contribution in [0.15, 0.2) is 34.9 Å². The van der Waals surface area contributed by atoms with Crippen LogP contribution in [0, 0.1) is 16.7 Å². The molecule has 1 aliphatic rings. The van der Waals surface area contributed by atoms with Gasteiger partial charge in [-0.25, -0.2) is 8.42 Å². The minimum atomic E-state index is -4.81. The Hall–Kier alpha value is -3.27. The summed E-state index contributed by atoms with van der Waals surface area (Å²) in [5.41, 5.74) is -0.391. The number of para-hydroxylation sites is 1. The zero-order valence-electron chi connectivity index (χ0n) is 13.9. The highest BCUT2D eigenvalue weighted by Crippen LogP contribution is 2.29. The van der Waals surface area contributed by atoms with Gasteiger partial charge < -0.3 is 20.5 Å². The Balaban J connectivity index is 2.30. The Morgan fingerprint density at radius 2 is 2.18 bits per heavy atom. The van der Waals surface area contributed by atoms with Gasteiger partial charge in [-0.2, -0.15) is 18.4 Å². The molecular formula is C15H14F3N5O4S. The van der Waals surface area contributed by atoms with Crippen LogP contribution in [-0.2, 0) is 15.6 Å². The van der Waals surface area contributed by atoms with Crippen LogP contribution in [0.25, 0.3) is 0 Å². The van der Waals surface area contributed by atoms with Crippen LogP contribution in [0.2, 0.25) is 0 Å². The second-order valence-electron chi connectivity index (χ2n) is 5.45. The molecule has 1 heterocycles. The SMILES string of the molecule is N#Cc1cccc(N/C(=N/[SH](=O)=O)C(=N)NC(C2CC=CO2)C(F)(F)F)c1O. The molecule has 0 bridgehead atoms. The second kappa shape index (κ2) is 8.61. The van der Waals surface area contributed by atoms with E-state index in [1.165, 1.54) is 24.3 Å². The summed E-state index contributed by atoms with van der Waals surface area (Å²) in [6.07, 6.45) is -3.75. The van der Waals surface area contributed by atoms with E-state index in [0.29, 0.717) is 0 Å². The summed E-state index contributed by atoms with van der Waals surface area (Å²) in [4.78, 5) is 0. The van der Waals surface area contributed by atoms with Crippen molar-refractivity contribution < 1.29 is 31.4 Å². The lowest BCUT2D eigenvalue weighted by molar-refractivity contribution is -0.172. The van der Waals surface area contributed by atoms with E-state index >= 15 is 0 Å². The zero-order valence-corrected chi connectivity index (χ0v) is 14.8. The smallest absolute Gasteiger partial charge is 0.412 e. The van der Waals surface area contributed by atoms with Crippen molar-refractivity contribution in [3.05, 3.63) is 36.1 Å². The van der Waals surface area contributed by atoms with Crippen molar-refractivity contribution in [3.63, 3.8) is 0 Å². The molecule has 0 aliphatic carbocycles. The molecule has 1 aromatic rings. The fourth-order valence-corrected chi connectivity index (χ4v) is 2.62. The highest BCUT2D eigenvalue weighted by Gasteiger charge is 2.47. The van der Waals surface area contributed by atoms with E-state index in [0.717, 1.165) is 6.26 Å². The van der Waals surface area contributed by atoms with Crippen LogP contribution in [0.4, 0.5) is 18.9 Å². The highest BCUT2D eigenvalue weighted by molar-refractivity contribution is 7.71. The molecule has 1 aromatic carbocycles. The molecule has 0 fully saturated rings. The van der Waals surface area contributed by atoms with Crippen molar-refractivity contribution in [1.29, 1.82) is 10.7 Å². The van der Waals surface area contributed by atoms with Gasteiger partial charge in [0.15, 0.2) is 23.5 Å². The molecular weight excluding hydrogens is 403 g/mol. The molecule has 2 unspecified atom stereocenters. The third kappa shape index (κ3) is 5.13. The number of benzene rings is 1. The lowest BCUT2D eigenvalue weighted by atomic mass is 10.1. The largest absolute Gasteiger partial charge is 0.504 e. The number of phenolic OH excluding ortho intramolecular Hbond substituents is 1. The van der Waals surface area contributed by atoms with Crippen LogP contribution >= 0.6 is 0 Å². The molecule has 0 saturated carbocycles. The summed E-state index contributed by atoms with van der Waals surface area (Å²) in [7, 11) is -3.48. The number of thiol groups is 1. The van der Waals surface area contributed by atoms with E-state index in [-0.39, 0.29) is 17.7 Å². The highest BCUT2D eigenvalue weighted by atomic mass is 32.2. The first kappa shape index (κ1) is 21.0. The maximum atomic E-state index is 13.3. The molecule has 0 saturated heterocycles. The van der Waals surface area contributed by atoms with Gasteiger partial charge in [-0.1, -0.05) is 6.07 Å². The molecule has 2 atom stereocenters. The monoisotopic (exact) mass is 417 g/mol. The summed E-state index contributed by atoms with van der Waals surface area (Å²) in [6, 6.07) is 3.19. The number of halogens is 3. The molecule has 2 rings (SSSR count). The molecule has 0 amide bonds. The van der Waals surface area contributed by atoms with Gasteiger partial charge in [-0.05, 0) is 18.2 Å². The van der Waals surface area contributed by atoms with Crippen molar-refractivity contribution in [3.8, 4) is 11.8 Å². The molecule has 4 N–H and O–H groups in total. The summed E-state index contributed by atoms with van der Waals surface area (Å²) in [5.74, 6) is -2.39. The number of nitriles is 1. The molecule has 0 spiro atoms. The van der Waals surface area contributed by atoms with Crippen LogP contribution in [-0.4, -0.2) is 43.5 Å². The number of ether oxygens (including phenoxy) is 1. The van der Waals surface area contributed by atoms with Crippen LogP contribution in [0.3, 0.4) is 0 Å². The summed E-state index contributed by atoms with van der Waals surface area (Å²) in [5, 5.41) is 30.8. The first-order valence-corrected chi connectivity index (χ1v) is 8.71. The number of aromatic hydroxyl groups is 1. The molecule has 28 heavy (non-hydrogen) atoms. The quantitative estimate of drug-likeness (QED) is 0.215. The Morgan fingerprint density at radius 1 is 1.46 bits per heavy atom. The maximum Gasteiger partial charge on any atom is 0.412 e. The number of rotatable bonds is 4. The molecule has 1 aliphatic heterocycles. The Kier molecular flexibility index (Phi) is 6.47. The van der Waals surface area contributed by atoms with Crippen LogP contribution in [0.5, 0.6) is 5.75 Å². The molecule has 0 radical (unpaired) electrons. The molecule has 150 valence electrons. The van der Waals surface area contributed by atoms with Gasteiger partial charge in [0.1, 0.15) is 12.2 Å². The van der Waals surface area contributed by atoms with Crippen LogP contribution < -0.4 is 10.6 Å². The second-order valence-corrected chi connectivity index (χ2v) is 6.12. The predicted molar refractivity (Wildman–Crippen MR) is 93.5 cm³/mol. The number of amidine groups is 2. The Morgan fingerprint density at radius 3 is 2.71 bits per heavy atom. The van der Waals surface area contributed by atoms with E-state index in [1.54, 1.807) is 6.07 Å². The standard InChI is InChI=1S/C15H14F3N5O4S/c16-15(17,18)12(10-5-2-6-27-10)22-13(20)14(23-28(25)26)21-9-4-1-3-8(7-19)11(9)24/h1-4,6,10,12,24,28H,5H2,(H2,20,22)(H,21,23,25,26). The number of phenols is 1. The minimum Gasteiger partial charge on any atom is -0.504 e. The average Bonchev–Trinajstić information content (AvgIpc) is 3.13. The summed E-state index contributed by atoms with van der Waals surface area (Å²) < 4.78 is 69.8. The van der Waals surface area contributed by atoms with Gasteiger partial charge in [0, 0.05) is 6.42 Å². The van der Waals surface area contributed by atoms with E-state index in [9.17, 15) is 26.7 Å². The van der Waals surface area contributed by atoms with E-state index in [4.69, 9.17) is 15.4 Å². The fraction of sp³-hybridized carbons (Fsp3) is 0.267. The van der Waals surface area contributed by atoms with Crippen molar-refractivity contribution in [2.75, 3.05) is 5.32 Å². The topological polar surface area (TPSA) is 148 Å². The van der Waals surface area contributed by atoms with Gasteiger partial charge in [0.25, 0.3) is 0 Å². The van der Waals surface area contributed by atoms with E-state index < -0.39 is 46.6 Å². The van der Waals surface area contributed by atoms with Crippen molar-refractivity contribution in [1.82, 2.24) is 5.32 Å². The van der Waals surface area contributed by atoms with Crippen molar-refractivity contribution >= 4 is 28.2 Å². The molecule has 9 nitrogen and oxygen atoms in total. The van der Waals surface area contributed by atoms with Gasteiger partial charge in [-0.15, -0.1) is 4.40 Å². The summed E-state index contributed by atoms with van der Waals surface area (Å²) in [6.45, 7) is 0. The van der Waals surface area contributed by atoms with Gasteiger partial charge in [0.05, 0.1) is 17.5 Å². The Bertz CT molecular complexity index is 921. The van der Waals surface area contributed by atoms with Gasteiger partial charge in [-0.3, -0.25) is 5.41 Å². The lowest BCUT2D eigenvalue weighted by Crippen LogP contribution is -2.54. The third-order valence-corrected chi connectivity index (χ3v) is 3.93. The number of alkyl halides is 3.